The zero-order chi connectivity index (χ0) is 17.2. The summed E-state index contributed by atoms with van der Waals surface area (Å²) in [6.07, 6.45) is 12.0. The third-order valence-corrected chi connectivity index (χ3v) is 4.70. The van der Waals surface area contributed by atoms with Crippen LogP contribution in [0, 0.1) is 0 Å². The second kappa shape index (κ2) is 6.55. The Bertz CT molecular complexity index is 919. The first-order chi connectivity index (χ1) is 12.2. The fourth-order valence-electron chi connectivity index (χ4n) is 3.37. The molecule has 0 spiro atoms. The number of aromatic nitrogens is 4. The number of hydrogen-bond donors (Lipinski definition) is 1. The van der Waals surface area contributed by atoms with Crippen molar-refractivity contribution < 1.29 is 0 Å². The predicted molar refractivity (Wildman–Crippen MR) is 97.9 cm³/mol. The van der Waals surface area contributed by atoms with Crippen molar-refractivity contribution in [3.05, 3.63) is 59.4 Å². The van der Waals surface area contributed by atoms with E-state index in [1.807, 2.05) is 37.5 Å². The third-order valence-electron chi connectivity index (χ3n) is 4.70. The minimum absolute atomic E-state index is 0.0752. The molecule has 3 aromatic rings. The fourth-order valence-corrected chi connectivity index (χ4v) is 3.37. The molecule has 1 saturated carbocycles. The Morgan fingerprint density at radius 1 is 1.16 bits per heavy atom. The molecule has 4 rings (SSSR count). The first-order valence-electron chi connectivity index (χ1n) is 8.64. The molecule has 1 fully saturated rings. The summed E-state index contributed by atoms with van der Waals surface area (Å²) in [5.74, 6) is 0.868. The highest BCUT2D eigenvalue weighted by Crippen LogP contribution is 2.21. The van der Waals surface area contributed by atoms with E-state index >= 15 is 0 Å². The van der Waals surface area contributed by atoms with Crippen molar-refractivity contribution in [3.8, 4) is 16.8 Å². The van der Waals surface area contributed by atoms with Gasteiger partial charge in [-0.1, -0.05) is 12.8 Å². The van der Waals surface area contributed by atoms with Gasteiger partial charge in [0, 0.05) is 31.0 Å². The van der Waals surface area contributed by atoms with Gasteiger partial charge < -0.3 is 5.32 Å². The quantitative estimate of drug-likeness (QED) is 0.796. The van der Waals surface area contributed by atoms with Crippen molar-refractivity contribution in [2.75, 3.05) is 5.32 Å². The number of hydrogen-bond acceptors (Lipinski definition) is 4. The van der Waals surface area contributed by atoms with Crippen molar-refractivity contribution in [2.45, 2.75) is 31.7 Å². The fraction of sp³-hybridized carbons (Fsp3) is 0.316. The van der Waals surface area contributed by atoms with Crippen LogP contribution in [0.15, 0.2) is 53.8 Å². The van der Waals surface area contributed by atoms with Gasteiger partial charge in [0.05, 0.1) is 23.6 Å². The summed E-state index contributed by atoms with van der Waals surface area (Å²) in [5.41, 5.74) is 2.12. The highest BCUT2D eigenvalue weighted by Gasteiger charge is 2.15. The molecule has 128 valence electrons. The van der Waals surface area contributed by atoms with Crippen LogP contribution in [0.5, 0.6) is 0 Å². The van der Waals surface area contributed by atoms with E-state index in [0.29, 0.717) is 11.6 Å². The summed E-state index contributed by atoms with van der Waals surface area (Å²) in [4.78, 5) is 17.3. The Hall–Kier alpha value is -2.89. The molecule has 0 aliphatic heterocycles. The Kier molecular flexibility index (Phi) is 4.09. The first-order valence-corrected chi connectivity index (χ1v) is 8.64. The summed E-state index contributed by atoms with van der Waals surface area (Å²) in [6, 6.07) is 8.08. The average molecular weight is 335 g/mol. The second-order valence-corrected chi connectivity index (χ2v) is 6.53. The molecule has 1 aliphatic carbocycles. The van der Waals surface area contributed by atoms with E-state index < -0.39 is 0 Å². The molecule has 3 aromatic heterocycles. The van der Waals surface area contributed by atoms with Gasteiger partial charge in [-0.15, -0.1) is 0 Å². The van der Waals surface area contributed by atoms with Crippen LogP contribution < -0.4 is 10.9 Å². The Labute approximate surface area is 146 Å². The molecule has 0 aromatic carbocycles. The largest absolute Gasteiger partial charge is 0.367 e. The van der Waals surface area contributed by atoms with Crippen LogP contribution in [0.2, 0.25) is 0 Å². The van der Waals surface area contributed by atoms with Gasteiger partial charge >= 0.3 is 0 Å². The molecule has 0 atom stereocenters. The number of anilines is 1. The van der Waals surface area contributed by atoms with Crippen molar-refractivity contribution >= 4 is 5.82 Å². The topological polar surface area (TPSA) is 64.7 Å². The van der Waals surface area contributed by atoms with Crippen LogP contribution in [0.25, 0.3) is 16.8 Å². The molecule has 3 heterocycles. The van der Waals surface area contributed by atoms with Crippen molar-refractivity contribution in [1.29, 1.82) is 0 Å². The van der Waals surface area contributed by atoms with Crippen LogP contribution in [-0.2, 0) is 7.05 Å². The van der Waals surface area contributed by atoms with Gasteiger partial charge in [-0.3, -0.25) is 14.0 Å². The molecule has 1 aliphatic rings. The van der Waals surface area contributed by atoms with Crippen LogP contribution in [-0.4, -0.2) is 25.4 Å². The van der Waals surface area contributed by atoms with Crippen LogP contribution in [0.3, 0.4) is 0 Å². The monoisotopic (exact) mass is 335 g/mol. The molecular weight excluding hydrogens is 314 g/mol. The summed E-state index contributed by atoms with van der Waals surface area (Å²) in [6.45, 7) is 0. The van der Waals surface area contributed by atoms with Gasteiger partial charge in [0.15, 0.2) is 0 Å². The molecule has 1 N–H and O–H groups in total. The molecule has 6 nitrogen and oxygen atoms in total. The Balaban J connectivity index is 1.62. The number of aryl methyl sites for hydroxylation is 1. The molecule has 0 radical (unpaired) electrons. The van der Waals surface area contributed by atoms with E-state index in [0.717, 1.165) is 17.1 Å². The van der Waals surface area contributed by atoms with E-state index in [1.165, 1.54) is 25.7 Å². The number of pyridine rings is 2. The van der Waals surface area contributed by atoms with E-state index in [4.69, 9.17) is 0 Å². The van der Waals surface area contributed by atoms with Gasteiger partial charge in [-0.2, -0.15) is 5.10 Å². The van der Waals surface area contributed by atoms with Gasteiger partial charge in [0.2, 0.25) is 0 Å². The maximum Gasteiger partial charge on any atom is 0.263 e. The minimum Gasteiger partial charge on any atom is -0.367 e. The number of nitrogens with zero attached hydrogens (tertiary/aromatic N) is 4. The van der Waals surface area contributed by atoms with Crippen molar-refractivity contribution in [3.63, 3.8) is 0 Å². The number of rotatable bonds is 4. The van der Waals surface area contributed by atoms with Crippen LogP contribution in [0.4, 0.5) is 5.82 Å². The second-order valence-electron chi connectivity index (χ2n) is 6.53. The lowest BCUT2D eigenvalue weighted by Gasteiger charge is -2.13. The summed E-state index contributed by atoms with van der Waals surface area (Å²) >= 11 is 0. The lowest BCUT2D eigenvalue weighted by atomic mass is 10.1. The van der Waals surface area contributed by atoms with Gasteiger partial charge in [0.25, 0.3) is 5.56 Å². The summed E-state index contributed by atoms with van der Waals surface area (Å²) in [7, 11) is 1.84. The zero-order valence-corrected chi connectivity index (χ0v) is 14.2. The van der Waals surface area contributed by atoms with Gasteiger partial charge in [-0.25, -0.2) is 4.98 Å². The van der Waals surface area contributed by atoms with Crippen LogP contribution in [0.1, 0.15) is 25.7 Å². The molecule has 6 heteroatoms. The van der Waals surface area contributed by atoms with Crippen molar-refractivity contribution in [1.82, 2.24) is 19.3 Å². The lowest BCUT2D eigenvalue weighted by Crippen LogP contribution is -2.19. The smallest absolute Gasteiger partial charge is 0.263 e. The van der Waals surface area contributed by atoms with Crippen LogP contribution >= 0.6 is 0 Å². The predicted octanol–water partition coefficient (Wildman–Crippen LogP) is 2.99. The van der Waals surface area contributed by atoms with Gasteiger partial charge in [-0.05, 0) is 37.1 Å². The third kappa shape index (κ3) is 3.20. The molecule has 25 heavy (non-hydrogen) atoms. The van der Waals surface area contributed by atoms with Crippen molar-refractivity contribution in [2.24, 2.45) is 7.05 Å². The summed E-state index contributed by atoms with van der Waals surface area (Å²) in [5, 5.41) is 7.61. The van der Waals surface area contributed by atoms with E-state index in [9.17, 15) is 4.79 Å². The lowest BCUT2D eigenvalue weighted by molar-refractivity contribution is 0.750. The standard InChI is InChI=1S/C19H21N5O/c1-23-13-14(11-21-23)17-7-4-10-24(19(17)25)16-8-9-18(20-12-16)22-15-5-2-3-6-15/h4,7-13,15H,2-3,5-6H2,1H3,(H,20,22). The SMILES string of the molecule is Cn1cc(-c2cccn(-c3ccc(NC4CCCC4)nc3)c2=O)cn1. The Morgan fingerprint density at radius 2 is 2.00 bits per heavy atom. The molecule has 0 unspecified atom stereocenters. The molecule has 0 amide bonds. The Morgan fingerprint density at radius 3 is 2.68 bits per heavy atom. The molecule has 0 bridgehead atoms. The summed E-state index contributed by atoms with van der Waals surface area (Å²) < 4.78 is 3.31. The van der Waals surface area contributed by atoms with E-state index in [-0.39, 0.29) is 5.56 Å². The normalized spacial score (nSPS) is 14.8. The minimum atomic E-state index is -0.0752. The average Bonchev–Trinajstić information content (AvgIpc) is 3.28. The first kappa shape index (κ1) is 15.6. The number of nitrogens with one attached hydrogen (secondary N) is 1. The van der Waals surface area contributed by atoms with E-state index in [1.54, 1.807) is 27.8 Å². The molecular formula is C19H21N5O. The zero-order valence-electron chi connectivity index (χ0n) is 14.2. The highest BCUT2D eigenvalue weighted by molar-refractivity contribution is 5.61. The van der Waals surface area contributed by atoms with E-state index in [2.05, 4.69) is 15.4 Å². The highest BCUT2D eigenvalue weighted by atomic mass is 16.1. The van der Waals surface area contributed by atoms with Gasteiger partial charge in [0.1, 0.15) is 5.82 Å². The molecule has 0 saturated heterocycles. The maximum absolute atomic E-state index is 12.8. The maximum atomic E-state index is 12.8.